The van der Waals surface area contributed by atoms with Crippen LogP contribution in [0.5, 0.6) is 0 Å². The van der Waals surface area contributed by atoms with E-state index in [2.05, 4.69) is 10.2 Å². The van der Waals surface area contributed by atoms with E-state index in [1.54, 1.807) is 45.0 Å². The molecule has 0 heterocycles. The van der Waals surface area contributed by atoms with E-state index in [1.165, 1.54) is 6.92 Å². The van der Waals surface area contributed by atoms with Crippen molar-refractivity contribution in [2.45, 2.75) is 45.9 Å². The lowest BCUT2D eigenvalue weighted by atomic mass is 10.2. The summed E-state index contributed by atoms with van der Waals surface area (Å²) in [6.07, 6.45) is -1.68. The van der Waals surface area contributed by atoms with Crippen molar-refractivity contribution in [1.29, 1.82) is 0 Å². The molecule has 0 aliphatic rings. The van der Waals surface area contributed by atoms with Crippen LogP contribution in [0.1, 0.15) is 33.3 Å². The molecule has 0 aliphatic heterocycles. The Kier molecular flexibility index (Phi) is 7.03. The van der Waals surface area contributed by atoms with Gasteiger partial charge in [0.1, 0.15) is 18.2 Å². The highest BCUT2D eigenvalue weighted by Gasteiger charge is 2.22. The molecule has 0 saturated carbocycles. The molecule has 0 aromatic heterocycles. The van der Waals surface area contributed by atoms with Gasteiger partial charge in [-0.1, -0.05) is 30.3 Å². The monoisotopic (exact) mass is 338 g/mol. The van der Waals surface area contributed by atoms with E-state index in [0.29, 0.717) is 0 Å². The fourth-order valence-electron chi connectivity index (χ4n) is 1.48. The molecule has 8 nitrogen and oxygen atoms in total. The predicted molar refractivity (Wildman–Crippen MR) is 84.7 cm³/mol. The Balaban J connectivity index is 2.29. The quantitative estimate of drug-likeness (QED) is 0.645. The van der Waals surface area contributed by atoms with E-state index in [0.717, 1.165) is 5.56 Å². The highest BCUT2D eigenvalue weighted by atomic mass is 16.7. The van der Waals surface area contributed by atoms with Crippen LogP contribution >= 0.6 is 0 Å². The third-order valence-electron chi connectivity index (χ3n) is 2.53. The minimum absolute atomic E-state index is 0.0376. The zero-order valence-corrected chi connectivity index (χ0v) is 14.1. The van der Waals surface area contributed by atoms with Crippen molar-refractivity contribution in [1.82, 2.24) is 10.8 Å². The minimum Gasteiger partial charge on any atom is -0.444 e. The normalized spacial score (nSPS) is 11.8. The highest BCUT2D eigenvalue weighted by Crippen LogP contribution is 2.06. The third-order valence-corrected chi connectivity index (χ3v) is 2.53. The smallest absolute Gasteiger partial charge is 0.441 e. The molecular formula is C16H22N2O6. The predicted octanol–water partition coefficient (Wildman–Crippen LogP) is 2.28. The minimum atomic E-state index is -1.01. The van der Waals surface area contributed by atoms with Gasteiger partial charge in [0, 0.05) is 0 Å². The summed E-state index contributed by atoms with van der Waals surface area (Å²) in [6.45, 7) is 6.51. The lowest BCUT2D eigenvalue weighted by molar-refractivity contribution is -0.151. The van der Waals surface area contributed by atoms with Crippen molar-refractivity contribution in [2.75, 3.05) is 0 Å². The molecule has 0 fully saturated rings. The second-order valence-corrected chi connectivity index (χ2v) is 5.95. The maximum atomic E-state index is 11.7. The lowest BCUT2D eigenvalue weighted by Gasteiger charge is -2.21. The summed E-state index contributed by atoms with van der Waals surface area (Å²) < 4.78 is 9.87. The van der Waals surface area contributed by atoms with E-state index in [4.69, 9.17) is 9.47 Å². The van der Waals surface area contributed by atoms with Crippen LogP contribution in [0.15, 0.2) is 30.3 Å². The summed E-state index contributed by atoms with van der Waals surface area (Å²) in [5, 5.41) is 2.29. The summed E-state index contributed by atoms with van der Waals surface area (Å²) in [5.74, 6) is -0.863. The van der Waals surface area contributed by atoms with Crippen LogP contribution in [-0.2, 0) is 25.7 Å². The number of hydroxylamine groups is 1. The maximum absolute atomic E-state index is 11.7. The number of hydrogen-bond acceptors (Lipinski definition) is 6. The Morgan fingerprint density at radius 2 is 1.71 bits per heavy atom. The second kappa shape index (κ2) is 8.76. The first kappa shape index (κ1) is 19.3. The van der Waals surface area contributed by atoms with Gasteiger partial charge in [0.25, 0.3) is 0 Å². The number of alkyl carbamates (subject to hydrolysis) is 1. The molecule has 2 N–H and O–H groups in total. The van der Waals surface area contributed by atoms with Crippen molar-refractivity contribution < 1.29 is 28.7 Å². The Hall–Kier alpha value is -2.77. The van der Waals surface area contributed by atoms with Crippen molar-refractivity contribution in [3.63, 3.8) is 0 Å². The molecule has 1 rings (SSSR count). The van der Waals surface area contributed by atoms with E-state index in [-0.39, 0.29) is 6.61 Å². The molecular weight excluding hydrogens is 316 g/mol. The number of carbonyl (C=O) groups is 3. The van der Waals surface area contributed by atoms with Crippen molar-refractivity contribution in [3.05, 3.63) is 35.9 Å². The van der Waals surface area contributed by atoms with Crippen LogP contribution in [0.2, 0.25) is 0 Å². The van der Waals surface area contributed by atoms with E-state index < -0.39 is 29.8 Å². The number of carbonyl (C=O) groups excluding carboxylic acids is 3. The molecule has 132 valence electrons. The number of nitrogens with one attached hydrogen (secondary N) is 2. The lowest BCUT2D eigenvalue weighted by Crippen LogP contribution is -2.44. The van der Waals surface area contributed by atoms with Crippen LogP contribution in [0.25, 0.3) is 0 Å². The van der Waals surface area contributed by atoms with Gasteiger partial charge in [0.05, 0.1) is 0 Å². The summed E-state index contributed by atoms with van der Waals surface area (Å²) >= 11 is 0. The van der Waals surface area contributed by atoms with Gasteiger partial charge in [-0.2, -0.15) is 0 Å². The maximum Gasteiger partial charge on any atom is 0.441 e. The summed E-state index contributed by atoms with van der Waals surface area (Å²) in [7, 11) is 0. The van der Waals surface area contributed by atoms with Crippen LogP contribution in [0, 0.1) is 0 Å². The fraction of sp³-hybridized carbons (Fsp3) is 0.438. The molecule has 0 bridgehead atoms. The van der Waals surface area contributed by atoms with Gasteiger partial charge in [0.15, 0.2) is 0 Å². The van der Waals surface area contributed by atoms with E-state index >= 15 is 0 Å². The molecule has 8 heteroatoms. The van der Waals surface area contributed by atoms with Gasteiger partial charge >= 0.3 is 18.2 Å². The third kappa shape index (κ3) is 8.02. The standard InChI is InChI=1S/C16H22N2O6/c1-11(17-14(20)23-16(2,3)4)13(19)24-18-15(21)22-10-12-8-6-5-7-9-12/h5-9,11H,10H2,1-4H3,(H,17,20)(H,18,21)/t11-/m1/s1. The molecule has 1 aromatic rings. The Morgan fingerprint density at radius 3 is 2.29 bits per heavy atom. The molecule has 2 amide bonds. The molecule has 0 unspecified atom stereocenters. The second-order valence-electron chi connectivity index (χ2n) is 5.95. The van der Waals surface area contributed by atoms with Gasteiger partial charge in [-0.25, -0.2) is 14.4 Å². The van der Waals surface area contributed by atoms with E-state index in [1.807, 2.05) is 11.5 Å². The molecule has 0 saturated heterocycles. The summed E-state index contributed by atoms with van der Waals surface area (Å²) in [4.78, 5) is 39.2. The molecule has 0 spiro atoms. The molecule has 24 heavy (non-hydrogen) atoms. The summed E-state index contributed by atoms with van der Waals surface area (Å²) in [6, 6.07) is 8.01. The average Bonchev–Trinajstić information content (AvgIpc) is 2.49. The average molecular weight is 338 g/mol. The van der Waals surface area contributed by atoms with Gasteiger partial charge < -0.3 is 19.6 Å². The molecule has 1 aromatic carbocycles. The summed E-state index contributed by atoms with van der Waals surface area (Å²) in [5.41, 5.74) is 1.96. The SMILES string of the molecule is C[C@@H](NC(=O)OC(C)(C)C)C(=O)ONC(=O)OCc1ccccc1. The number of rotatable bonds is 4. The first-order chi connectivity index (χ1) is 11.2. The number of amides is 2. The number of benzene rings is 1. The number of ether oxygens (including phenoxy) is 2. The van der Waals surface area contributed by atoms with Gasteiger partial charge in [-0.05, 0) is 33.3 Å². The largest absolute Gasteiger partial charge is 0.444 e. The van der Waals surface area contributed by atoms with Gasteiger partial charge in [-0.15, -0.1) is 5.48 Å². The van der Waals surface area contributed by atoms with Crippen LogP contribution < -0.4 is 10.8 Å². The molecule has 1 atom stereocenters. The van der Waals surface area contributed by atoms with E-state index in [9.17, 15) is 14.4 Å². The van der Waals surface area contributed by atoms with Crippen molar-refractivity contribution >= 4 is 18.2 Å². The Morgan fingerprint density at radius 1 is 1.08 bits per heavy atom. The zero-order chi connectivity index (χ0) is 18.2. The van der Waals surface area contributed by atoms with Crippen LogP contribution in [-0.4, -0.2) is 29.8 Å². The Bertz CT molecular complexity index is 568. The first-order valence-electron chi connectivity index (χ1n) is 7.34. The van der Waals surface area contributed by atoms with Crippen molar-refractivity contribution in [2.24, 2.45) is 0 Å². The molecule has 0 radical (unpaired) electrons. The first-order valence-corrected chi connectivity index (χ1v) is 7.34. The van der Waals surface area contributed by atoms with Gasteiger partial charge in [-0.3, -0.25) is 0 Å². The Labute approximate surface area is 140 Å². The van der Waals surface area contributed by atoms with Crippen LogP contribution in [0.3, 0.4) is 0 Å². The van der Waals surface area contributed by atoms with Crippen LogP contribution in [0.4, 0.5) is 9.59 Å². The number of hydrogen-bond donors (Lipinski definition) is 2. The van der Waals surface area contributed by atoms with Gasteiger partial charge in [0.2, 0.25) is 0 Å². The zero-order valence-electron chi connectivity index (χ0n) is 14.1. The topological polar surface area (TPSA) is 103 Å². The molecule has 0 aliphatic carbocycles. The highest BCUT2D eigenvalue weighted by molar-refractivity contribution is 5.81. The fourth-order valence-corrected chi connectivity index (χ4v) is 1.48. The van der Waals surface area contributed by atoms with Crippen molar-refractivity contribution in [3.8, 4) is 0 Å².